The summed E-state index contributed by atoms with van der Waals surface area (Å²) in [5.74, 6) is -0.0429. The van der Waals surface area contributed by atoms with Crippen LogP contribution in [0.2, 0.25) is 0 Å². The summed E-state index contributed by atoms with van der Waals surface area (Å²) in [7, 11) is 0. The molecule has 0 rings (SSSR count). The average Bonchev–Trinajstić information content (AvgIpc) is 3.65. The zero-order valence-corrected chi connectivity index (χ0v) is 60.7. The van der Waals surface area contributed by atoms with Crippen molar-refractivity contribution in [1.82, 2.24) is 5.32 Å². The van der Waals surface area contributed by atoms with E-state index in [9.17, 15) is 19.8 Å². The van der Waals surface area contributed by atoms with E-state index < -0.39 is 12.1 Å². The Morgan fingerprint density at radius 2 is 0.528 bits per heavy atom. The summed E-state index contributed by atoms with van der Waals surface area (Å²) >= 11 is 0. The highest BCUT2D eigenvalue weighted by Crippen LogP contribution is 2.20. The third-order valence-electron chi connectivity index (χ3n) is 19.5. The summed E-state index contributed by atoms with van der Waals surface area (Å²) in [6.45, 7) is 4.93. The fourth-order valence-corrected chi connectivity index (χ4v) is 13.2. The first-order chi connectivity index (χ1) is 44.0. The minimum Gasteiger partial charge on any atom is -0.466 e. The summed E-state index contributed by atoms with van der Waals surface area (Å²) in [5.41, 5.74) is 0. The third-order valence-corrected chi connectivity index (χ3v) is 19.5. The monoisotopic (exact) mass is 1250 g/mol. The molecule has 0 bridgehead atoms. The average molecular weight is 1250 g/mol. The molecule has 0 aliphatic carbocycles. The maximum absolute atomic E-state index is 12.6. The molecule has 6 nitrogen and oxygen atoms in total. The molecule has 0 spiro atoms. The number of nitrogens with one attached hydrogen (secondary N) is 1. The number of aliphatic hydroxyl groups is 2. The molecular weight excluding hydrogens is 1090 g/mol. The molecule has 0 radical (unpaired) electrons. The molecule has 0 fully saturated rings. The van der Waals surface area contributed by atoms with Gasteiger partial charge in [0.15, 0.2) is 0 Å². The van der Waals surface area contributed by atoms with E-state index in [1.54, 1.807) is 6.08 Å². The Kier molecular flexibility index (Phi) is 77.3. The summed E-state index contributed by atoms with van der Waals surface area (Å²) in [6, 6.07) is -0.624. The Morgan fingerprint density at radius 3 is 0.820 bits per heavy atom. The quantitative estimate of drug-likeness (QED) is 0.0320. The highest BCUT2D eigenvalue weighted by atomic mass is 16.5. The van der Waals surface area contributed by atoms with E-state index in [2.05, 4.69) is 31.3 Å². The van der Waals surface area contributed by atoms with E-state index in [0.29, 0.717) is 19.4 Å². The molecule has 1 amide bonds. The largest absolute Gasteiger partial charge is 0.466 e. The fourth-order valence-electron chi connectivity index (χ4n) is 13.2. The van der Waals surface area contributed by atoms with Crippen LogP contribution in [0.4, 0.5) is 0 Å². The number of carbonyl (C=O) groups is 2. The molecule has 0 aromatic rings. The van der Waals surface area contributed by atoms with Gasteiger partial charge >= 0.3 is 5.97 Å². The van der Waals surface area contributed by atoms with Gasteiger partial charge in [0.1, 0.15) is 0 Å². The smallest absolute Gasteiger partial charge is 0.305 e. The predicted octanol–water partition coefficient (Wildman–Crippen LogP) is 27.2. The van der Waals surface area contributed by atoms with Crippen molar-refractivity contribution in [3.63, 3.8) is 0 Å². The first-order valence-corrected chi connectivity index (χ1v) is 41.1. The number of carbonyl (C=O) groups excluding carboxylic acids is 2. The normalized spacial score (nSPS) is 12.5. The van der Waals surface area contributed by atoms with E-state index in [4.69, 9.17) is 4.74 Å². The van der Waals surface area contributed by atoms with E-state index >= 15 is 0 Å². The SMILES string of the molecule is CCCCC/C=C\CCCCCCCC(=O)OCCCCCCCCCCCCCCCCCCCCCCCCCCCCCCCCCCCCCCCC(=O)NC(CO)C(O)/C=C/CCCCCCCCCCCCCCCCCCCCCCC. The Morgan fingerprint density at radius 1 is 0.303 bits per heavy atom. The van der Waals surface area contributed by atoms with Crippen LogP contribution in [0.15, 0.2) is 24.3 Å². The van der Waals surface area contributed by atoms with E-state index in [1.807, 2.05) is 6.08 Å². The number of hydrogen-bond donors (Lipinski definition) is 3. The molecule has 0 saturated carbocycles. The maximum atomic E-state index is 12.6. The standard InChI is InChI=1S/C83H161NO5/c1-3-5-7-9-11-13-15-17-18-19-20-21-37-40-43-46-49-52-55-59-63-67-71-75-81(86)80(79-85)84-82(87)76-72-68-64-60-56-53-50-47-44-41-38-35-33-31-29-27-25-23-22-24-26-28-30-32-34-36-39-42-45-48-51-54-58-62-66-70-74-78-89-83(88)77-73-69-65-61-57-16-14-12-10-8-6-4-2/h12,14,71,75,80-81,85-86H,3-11,13,15-70,72-74,76-79H2,1-2H3,(H,84,87)/b14-12-,75-71+. The van der Waals surface area contributed by atoms with Gasteiger partial charge in [0.05, 0.1) is 25.4 Å². The van der Waals surface area contributed by atoms with Gasteiger partial charge in [0.2, 0.25) is 5.91 Å². The van der Waals surface area contributed by atoms with Crippen LogP contribution in [0, 0.1) is 0 Å². The molecule has 0 aliphatic heterocycles. The topological polar surface area (TPSA) is 95.9 Å². The van der Waals surface area contributed by atoms with Gasteiger partial charge in [0.25, 0.3) is 0 Å². The second kappa shape index (κ2) is 78.8. The van der Waals surface area contributed by atoms with Gasteiger partial charge < -0.3 is 20.3 Å². The van der Waals surface area contributed by atoms with Gasteiger partial charge in [0, 0.05) is 12.8 Å². The summed E-state index contributed by atoms with van der Waals surface area (Å²) < 4.78 is 5.48. The van der Waals surface area contributed by atoms with E-state index in [0.717, 1.165) is 44.9 Å². The molecule has 0 saturated heterocycles. The van der Waals surface area contributed by atoms with Gasteiger partial charge in [-0.15, -0.1) is 0 Å². The number of hydrogen-bond acceptors (Lipinski definition) is 5. The summed E-state index contributed by atoms with van der Waals surface area (Å²) in [6.07, 6.45) is 102. The van der Waals surface area contributed by atoms with Gasteiger partial charge in [-0.3, -0.25) is 9.59 Å². The highest BCUT2D eigenvalue weighted by Gasteiger charge is 2.18. The molecule has 0 aliphatic rings. The Balaban J connectivity index is 3.33. The van der Waals surface area contributed by atoms with Crippen LogP contribution in [-0.2, 0) is 14.3 Å². The van der Waals surface area contributed by atoms with Crippen LogP contribution in [0.25, 0.3) is 0 Å². The van der Waals surface area contributed by atoms with Crippen molar-refractivity contribution < 1.29 is 24.5 Å². The van der Waals surface area contributed by atoms with Gasteiger partial charge in [-0.1, -0.05) is 423 Å². The van der Waals surface area contributed by atoms with E-state index in [-0.39, 0.29) is 18.5 Å². The Hall–Kier alpha value is -1.66. The van der Waals surface area contributed by atoms with E-state index in [1.165, 1.54) is 398 Å². The van der Waals surface area contributed by atoms with Crippen LogP contribution in [0.5, 0.6) is 0 Å². The zero-order chi connectivity index (χ0) is 64.2. The van der Waals surface area contributed by atoms with Crippen molar-refractivity contribution in [1.29, 1.82) is 0 Å². The summed E-state index contributed by atoms with van der Waals surface area (Å²) in [5, 5.41) is 23.3. The lowest BCUT2D eigenvalue weighted by atomic mass is 10.0. The van der Waals surface area contributed by atoms with Crippen molar-refractivity contribution in [2.75, 3.05) is 13.2 Å². The number of ether oxygens (including phenoxy) is 1. The maximum Gasteiger partial charge on any atom is 0.305 e. The predicted molar refractivity (Wildman–Crippen MR) is 393 cm³/mol. The number of rotatable bonds is 78. The molecule has 89 heavy (non-hydrogen) atoms. The Bertz CT molecular complexity index is 1400. The van der Waals surface area contributed by atoms with Crippen molar-refractivity contribution in [2.45, 2.75) is 482 Å². The number of aliphatic hydroxyl groups excluding tert-OH is 2. The number of unbranched alkanes of at least 4 members (excludes halogenated alkanes) is 65. The first-order valence-electron chi connectivity index (χ1n) is 41.1. The number of allylic oxidation sites excluding steroid dienone is 3. The highest BCUT2D eigenvalue weighted by molar-refractivity contribution is 5.76. The Labute approximate surface area is 558 Å². The lowest BCUT2D eigenvalue weighted by molar-refractivity contribution is -0.143. The fraction of sp³-hybridized carbons (Fsp3) is 0.928. The second-order valence-electron chi connectivity index (χ2n) is 28.5. The molecule has 528 valence electrons. The van der Waals surface area contributed by atoms with Gasteiger partial charge in [-0.25, -0.2) is 0 Å². The van der Waals surface area contributed by atoms with Crippen molar-refractivity contribution >= 4 is 11.9 Å². The molecule has 0 aromatic heterocycles. The van der Waals surface area contributed by atoms with Crippen LogP contribution >= 0.6 is 0 Å². The van der Waals surface area contributed by atoms with Crippen LogP contribution in [0.3, 0.4) is 0 Å². The number of esters is 1. The molecule has 0 heterocycles. The molecule has 6 heteroatoms. The van der Waals surface area contributed by atoms with Crippen LogP contribution in [-0.4, -0.2) is 47.4 Å². The minimum atomic E-state index is -0.842. The molecule has 3 N–H and O–H groups in total. The lowest BCUT2D eigenvalue weighted by Crippen LogP contribution is -2.45. The summed E-state index contributed by atoms with van der Waals surface area (Å²) in [4.78, 5) is 24.6. The molecular formula is C83H161NO5. The minimum absolute atomic E-state index is 0.0139. The molecule has 2 unspecified atom stereocenters. The second-order valence-corrected chi connectivity index (χ2v) is 28.5. The van der Waals surface area contributed by atoms with Crippen molar-refractivity contribution in [3.8, 4) is 0 Å². The first kappa shape index (κ1) is 87.3. The third kappa shape index (κ3) is 75.3. The molecule has 0 aromatic carbocycles. The number of amides is 1. The van der Waals surface area contributed by atoms with Gasteiger partial charge in [-0.2, -0.15) is 0 Å². The molecule has 2 atom stereocenters. The zero-order valence-electron chi connectivity index (χ0n) is 60.7. The van der Waals surface area contributed by atoms with Crippen LogP contribution in [0.1, 0.15) is 470 Å². The van der Waals surface area contributed by atoms with Gasteiger partial charge in [-0.05, 0) is 57.8 Å². The van der Waals surface area contributed by atoms with Crippen molar-refractivity contribution in [3.05, 3.63) is 24.3 Å². The van der Waals surface area contributed by atoms with Crippen molar-refractivity contribution in [2.24, 2.45) is 0 Å². The van der Waals surface area contributed by atoms with Crippen LogP contribution < -0.4 is 5.32 Å². The lowest BCUT2D eigenvalue weighted by Gasteiger charge is -2.20.